The van der Waals surface area contributed by atoms with Crippen LogP contribution >= 0.6 is 0 Å². The number of urea groups is 1. The minimum absolute atomic E-state index is 0.421. The normalized spacial score (nSPS) is 11.3. The molecule has 0 heterocycles. The van der Waals surface area contributed by atoms with E-state index in [0.29, 0.717) is 5.69 Å². The molecular weight excluding hydrogens is 370 g/mol. The molecule has 0 aromatic heterocycles. The van der Waals surface area contributed by atoms with Crippen molar-refractivity contribution in [3.8, 4) is 0 Å². The SMILES string of the molecule is CCc1cccc(CC)c1NC(=O)COC(=O)[C@H](C)NC(=O)Nc1ccccc1. The number of aryl methyl sites for hydroxylation is 2. The van der Waals surface area contributed by atoms with Gasteiger partial charge in [-0.25, -0.2) is 9.59 Å². The highest BCUT2D eigenvalue weighted by Crippen LogP contribution is 2.22. The van der Waals surface area contributed by atoms with E-state index < -0.39 is 30.6 Å². The third-order valence-corrected chi connectivity index (χ3v) is 4.34. The van der Waals surface area contributed by atoms with Crippen molar-refractivity contribution < 1.29 is 19.1 Å². The average Bonchev–Trinajstić information content (AvgIpc) is 2.72. The Morgan fingerprint density at radius 1 is 0.897 bits per heavy atom. The first-order valence-electron chi connectivity index (χ1n) is 9.64. The molecule has 0 unspecified atom stereocenters. The van der Waals surface area contributed by atoms with Crippen molar-refractivity contribution in [1.82, 2.24) is 5.32 Å². The van der Waals surface area contributed by atoms with Crippen molar-refractivity contribution in [2.45, 2.75) is 39.7 Å². The lowest BCUT2D eigenvalue weighted by Crippen LogP contribution is -2.42. The fourth-order valence-electron chi connectivity index (χ4n) is 2.78. The molecule has 0 radical (unpaired) electrons. The molecule has 2 rings (SSSR count). The molecule has 0 saturated heterocycles. The summed E-state index contributed by atoms with van der Waals surface area (Å²) in [5, 5.41) is 7.93. The van der Waals surface area contributed by atoms with Crippen LogP contribution in [0.25, 0.3) is 0 Å². The van der Waals surface area contributed by atoms with Gasteiger partial charge in [0.25, 0.3) is 5.91 Å². The van der Waals surface area contributed by atoms with Gasteiger partial charge in [0, 0.05) is 11.4 Å². The molecule has 0 fully saturated rings. The van der Waals surface area contributed by atoms with Gasteiger partial charge in [0.15, 0.2) is 6.61 Å². The number of nitrogens with one attached hydrogen (secondary N) is 3. The summed E-state index contributed by atoms with van der Waals surface area (Å²) in [4.78, 5) is 36.3. The van der Waals surface area contributed by atoms with E-state index in [2.05, 4.69) is 16.0 Å². The van der Waals surface area contributed by atoms with E-state index in [0.717, 1.165) is 29.7 Å². The molecule has 0 bridgehead atoms. The zero-order chi connectivity index (χ0) is 21.2. The number of amides is 3. The van der Waals surface area contributed by atoms with Crippen LogP contribution in [0.15, 0.2) is 48.5 Å². The standard InChI is InChI=1S/C22H27N3O4/c1-4-16-10-9-11-17(5-2)20(16)25-19(26)14-29-21(27)15(3)23-22(28)24-18-12-7-6-8-13-18/h6-13,15H,4-5,14H2,1-3H3,(H,25,26)(H2,23,24,28)/t15-/m0/s1. The Hall–Kier alpha value is -3.35. The summed E-state index contributed by atoms with van der Waals surface area (Å²) in [5.74, 6) is -1.11. The fourth-order valence-corrected chi connectivity index (χ4v) is 2.78. The highest BCUT2D eigenvalue weighted by atomic mass is 16.5. The molecule has 0 saturated carbocycles. The molecule has 29 heavy (non-hydrogen) atoms. The summed E-state index contributed by atoms with van der Waals surface area (Å²) in [5.41, 5.74) is 3.42. The Morgan fingerprint density at radius 3 is 2.10 bits per heavy atom. The molecule has 0 spiro atoms. The maximum absolute atomic E-state index is 12.3. The maximum Gasteiger partial charge on any atom is 0.328 e. The molecule has 2 aromatic rings. The topological polar surface area (TPSA) is 96.5 Å². The van der Waals surface area contributed by atoms with Crippen molar-refractivity contribution in [3.63, 3.8) is 0 Å². The first-order valence-corrected chi connectivity index (χ1v) is 9.64. The number of carbonyl (C=O) groups is 3. The maximum atomic E-state index is 12.3. The molecule has 0 aliphatic carbocycles. The Balaban J connectivity index is 1.84. The Bertz CT molecular complexity index is 830. The van der Waals surface area contributed by atoms with Gasteiger partial charge in [0.2, 0.25) is 0 Å². The molecule has 3 amide bonds. The third kappa shape index (κ3) is 6.64. The van der Waals surface area contributed by atoms with Crippen molar-refractivity contribution in [2.24, 2.45) is 0 Å². The first kappa shape index (κ1) is 21.9. The Labute approximate surface area is 170 Å². The van der Waals surface area contributed by atoms with Gasteiger partial charge in [0.05, 0.1) is 0 Å². The molecule has 2 aromatic carbocycles. The lowest BCUT2D eigenvalue weighted by Gasteiger charge is -2.16. The van der Waals surface area contributed by atoms with Gasteiger partial charge < -0.3 is 20.7 Å². The number of carbonyl (C=O) groups excluding carboxylic acids is 3. The summed E-state index contributed by atoms with van der Waals surface area (Å²) in [6, 6.07) is 13.3. The second-order valence-electron chi connectivity index (χ2n) is 6.50. The number of hydrogen-bond donors (Lipinski definition) is 3. The number of rotatable bonds is 8. The van der Waals surface area contributed by atoms with Gasteiger partial charge in [-0.15, -0.1) is 0 Å². The monoisotopic (exact) mass is 397 g/mol. The zero-order valence-electron chi connectivity index (χ0n) is 17.0. The van der Waals surface area contributed by atoms with Gasteiger partial charge in [-0.2, -0.15) is 0 Å². The second-order valence-corrected chi connectivity index (χ2v) is 6.50. The Morgan fingerprint density at radius 2 is 1.52 bits per heavy atom. The van der Waals surface area contributed by atoms with Gasteiger partial charge >= 0.3 is 12.0 Å². The summed E-state index contributed by atoms with van der Waals surface area (Å²) in [6.45, 7) is 5.09. The van der Waals surface area contributed by atoms with Crippen LogP contribution in [0.1, 0.15) is 31.9 Å². The van der Waals surface area contributed by atoms with E-state index in [1.807, 2.05) is 38.1 Å². The van der Waals surface area contributed by atoms with Crippen molar-refractivity contribution >= 4 is 29.3 Å². The quantitative estimate of drug-likeness (QED) is 0.594. The predicted molar refractivity (Wildman–Crippen MR) is 113 cm³/mol. The first-order chi connectivity index (χ1) is 13.9. The molecule has 1 atom stereocenters. The smallest absolute Gasteiger partial charge is 0.328 e. The van der Waals surface area contributed by atoms with Gasteiger partial charge in [-0.1, -0.05) is 50.2 Å². The Kier molecular flexibility index (Phi) is 8.21. The van der Waals surface area contributed by atoms with E-state index in [-0.39, 0.29) is 0 Å². The number of ether oxygens (including phenoxy) is 1. The largest absolute Gasteiger partial charge is 0.454 e. The van der Waals surface area contributed by atoms with Gasteiger partial charge in [-0.05, 0) is 43.0 Å². The van der Waals surface area contributed by atoms with E-state index in [1.165, 1.54) is 6.92 Å². The zero-order valence-corrected chi connectivity index (χ0v) is 17.0. The fraction of sp³-hybridized carbons (Fsp3) is 0.318. The van der Waals surface area contributed by atoms with Gasteiger partial charge in [0.1, 0.15) is 6.04 Å². The third-order valence-electron chi connectivity index (χ3n) is 4.34. The van der Waals surface area contributed by atoms with Crippen LogP contribution in [0.2, 0.25) is 0 Å². The highest BCUT2D eigenvalue weighted by Gasteiger charge is 2.19. The van der Waals surface area contributed by atoms with Gasteiger partial charge in [-0.3, -0.25) is 4.79 Å². The van der Waals surface area contributed by atoms with Crippen LogP contribution < -0.4 is 16.0 Å². The molecule has 0 aliphatic rings. The lowest BCUT2D eigenvalue weighted by atomic mass is 10.0. The number of hydrogen-bond acceptors (Lipinski definition) is 4. The van der Waals surface area contributed by atoms with Crippen LogP contribution in [0, 0.1) is 0 Å². The van der Waals surface area contributed by atoms with E-state index >= 15 is 0 Å². The van der Waals surface area contributed by atoms with Crippen molar-refractivity contribution in [2.75, 3.05) is 17.2 Å². The molecule has 154 valence electrons. The number of anilines is 2. The van der Waals surface area contributed by atoms with Crippen LogP contribution in [-0.4, -0.2) is 30.6 Å². The molecular formula is C22H27N3O4. The lowest BCUT2D eigenvalue weighted by molar-refractivity contribution is -0.148. The van der Waals surface area contributed by atoms with E-state index in [4.69, 9.17) is 4.74 Å². The summed E-state index contributed by atoms with van der Waals surface area (Å²) in [7, 11) is 0. The summed E-state index contributed by atoms with van der Waals surface area (Å²) in [6.07, 6.45) is 1.56. The number of benzene rings is 2. The number of para-hydroxylation sites is 2. The van der Waals surface area contributed by atoms with Crippen LogP contribution in [-0.2, 0) is 27.2 Å². The van der Waals surface area contributed by atoms with Crippen LogP contribution in [0.4, 0.5) is 16.2 Å². The molecule has 3 N–H and O–H groups in total. The summed E-state index contributed by atoms with van der Waals surface area (Å²) >= 11 is 0. The molecule has 7 heteroatoms. The minimum Gasteiger partial charge on any atom is -0.454 e. The number of esters is 1. The van der Waals surface area contributed by atoms with E-state index in [1.54, 1.807) is 24.3 Å². The van der Waals surface area contributed by atoms with Crippen LogP contribution in [0.5, 0.6) is 0 Å². The average molecular weight is 397 g/mol. The highest BCUT2D eigenvalue weighted by molar-refractivity contribution is 5.95. The molecule has 7 nitrogen and oxygen atoms in total. The van der Waals surface area contributed by atoms with Crippen molar-refractivity contribution in [3.05, 3.63) is 59.7 Å². The second kappa shape index (κ2) is 10.8. The van der Waals surface area contributed by atoms with E-state index in [9.17, 15) is 14.4 Å². The predicted octanol–water partition coefficient (Wildman–Crippen LogP) is 3.50. The molecule has 0 aliphatic heterocycles. The minimum atomic E-state index is -0.902. The summed E-state index contributed by atoms with van der Waals surface area (Å²) < 4.78 is 5.04. The van der Waals surface area contributed by atoms with Crippen LogP contribution in [0.3, 0.4) is 0 Å². The van der Waals surface area contributed by atoms with Crippen molar-refractivity contribution in [1.29, 1.82) is 0 Å².